The van der Waals surface area contributed by atoms with Crippen molar-refractivity contribution in [2.75, 3.05) is 20.3 Å². The summed E-state index contributed by atoms with van der Waals surface area (Å²) in [5.74, 6) is 1.40. The first-order valence-corrected chi connectivity index (χ1v) is 5.78. The zero-order valence-electron chi connectivity index (χ0n) is 9.69. The number of hydrogen-bond donors (Lipinski definition) is 1. The molecular formula is C13H19NO2. The molecule has 3 nitrogen and oxygen atoms in total. The molecule has 0 unspecified atom stereocenters. The highest BCUT2D eigenvalue weighted by Gasteiger charge is 2.22. The van der Waals surface area contributed by atoms with Gasteiger partial charge in [-0.3, -0.25) is 0 Å². The normalized spacial score (nSPS) is 19.4. The fraction of sp³-hybridized carbons (Fsp3) is 0.538. The fourth-order valence-corrected chi connectivity index (χ4v) is 2.20. The molecule has 2 rings (SSSR count). The first-order valence-electron chi connectivity index (χ1n) is 5.78. The molecule has 1 heterocycles. The number of benzene rings is 1. The SMILES string of the molecule is COc1cccc([C@H](N)C2CCOCC2)c1. The van der Waals surface area contributed by atoms with Crippen molar-refractivity contribution in [2.45, 2.75) is 18.9 Å². The third-order valence-corrected chi connectivity index (χ3v) is 3.25. The molecule has 1 aromatic rings. The number of rotatable bonds is 3. The van der Waals surface area contributed by atoms with Crippen LogP contribution in [0.25, 0.3) is 0 Å². The van der Waals surface area contributed by atoms with Crippen LogP contribution in [0.2, 0.25) is 0 Å². The van der Waals surface area contributed by atoms with Gasteiger partial charge in [-0.2, -0.15) is 0 Å². The predicted octanol–water partition coefficient (Wildman–Crippen LogP) is 2.12. The maximum Gasteiger partial charge on any atom is 0.119 e. The summed E-state index contributed by atoms with van der Waals surface area (Å²) in [5, 5.41) is 0. The van der Waals surface area contributed by atoms with Crippen LogP contribution in [-0.2, 0) is 4.74 Å². The Bertz CT molecular complexity index is 334. The van der Waals surface area contributed by atoms with E-state index >= 15 is 0 Å². The maximum atomic E-state index is 6.28. The molecule has 0 saturated carbocycles. The van der Waals surface area contributed by atoms with Crippen LogP contribution in [0.3, 0.4) is 0 Å². The second-order valence-electron chi connectivity index (χ2n) is 4.25. The van der Waals surface area contributed by atoms with Crippen molar-refractivity contribution in [1.82, 2.24) is 0 Å². The standard InChI is InChI=1S/C13H19NO2/c1-15-12-4-2-3-11(9-12)13(14)10-5-7-16-8-6-10/h2-4,9-10,13H,5-8,14H2,1H3/t13-/m1/s1. The first kappa shape index (κ1) is 11.4. The monoisotopic (exact) mass is 221 g/mol. The van der Waals surface area contributed by atoms with Gasteiger partial charge in [-0.1, -0.05) is 12.1 Å². The highest BCUT2D eigenvalue weighted by molar-refractivity contribution is 5.30. The fourth-order valence-electron chi connectivity index (χ4n) is 2.20. The van der Waals surface area contributed by atoms with E-state index in [1.807, 2.05) is 18.2 Å². The Labute approximate surface area is 96.5 Å². The summed E-state index contributed by atoms with van der Waals surface area (Å²) < 4.78 is 10.6. The van der Waals surface area contributed by atoms with E-state index < -0.39 is 0 Å². The maximum absolute atomic E-state index is 6.28. The Morgan fingerprint density at radius 2 is 2.12 bits per heavy atom. The predicted molar refractivity (Wildman–Crippen MR) is 63.5 cm³/mol. The van der Waals surface area contributed by atoms with Gasteiger partial charge in [-0.15, -0.1) is 0 Å². The average Bonchev–Trinajstić information content (AvgIpc) is 2.39. The van der Waals surface area contributed by atoms with Gasteiger partial charge in [-0.25, -0.2) is 0 Å². The number of nitrogens with two attached hydrogens (primary N) is 1. The summed E-state index contributed by atoms with van der Waals surface area (Å²) in [4.78, 5) is 0. The summed E-state index contributed by atoms with van der Waals surface area (Å²) in [7, 11) is 1.68. The molecule has 1 atom stereocenters. The molecular weight excluding hydrogens is 202 g/mol. The number of ether oxygens (including phenoxy) is 2. The van der Waals surface area contributed by atoms with E-state index in [4.69, 9.17) is 15.2 Å². The highest BCUT2D eigenvalue weighted by Crippen LogP contribution is 2.29. The molecule has 1 aromatic carbocycles. The highest BCUT2D eigenvalue weighted by atomic mass is 16.5. The topological polar surface area (TPSA) is 44.5 Å². The van der Waals surface area contributed by atoms with Crippen molar-refractivity contribution in [2.24, 2.45) is 11.7 Å². The van der Waals surface area contributed by atoms with E-state index in [9.17, 15) is 0 Å². The number of hydrogen-bond acceptors (Lipinski definition) is 3. The van der Waals surface area contributed by atoms with E-state index in [2.05, 4.69) is 6.07 Å². The lowest BCUT2D eigenvalue weighted by molar-refractivity contribution is 0.0583. The van der Waals surface area contributed by atoms with E-state index in [0.717, 1.165) is 37.4 Å². The van der Waals surface area contributed by atoms with Gasteiger partial charge in [0, 0.05) is 19.3 Å². The smallest absolute Gasteiger partial charge is 0.119 e. The second kappa shape index (κ2) is 5.32. The van der Waals surface area contributed by atoms with Gasteiger partial charge in [0.2, 0.25) is 0 Å². The van der Waals surface area contributed by atoms with Gasteiger partial charge in [0.15, 0.2) is 0 Å². The third-order valence-electron chi connectivity index (χ3n) is 3.25. The minimum absolute atomic E-state index is 0.0963. The molecule has 1 fully saturated rings. The molecule has 0 aliphatic carbocycles. The summed E-state index contributed by atoms with van der Waals surface area (Å²) >= 11 is 0. The lowest BCUT2D eigenvalue weighted by atomic mass is 9.88. The molecule has 1 saturated heterocycles. The van der Waals surface area contributed by atoms with Crippen LogP contribution in [0.1, 0.15) is 24.4 Å². The van der Waals surface area contributed by atoms with E-state index in [1.54, 1.807) is 7.11 Å². The second-order valence-corrected chi connectivity index (χ2v) is 4.25. The summed E-state index contributed by atoms with van der Waals surface area (Å²) in [5.41, 5.74) is 7.44. The van der Waals surface area contributed by atoms with Crippen LogP contribution >= 0.6 is 0 Å². The van der Waals surface area contributed by atoms with Gasteiger partial charge in [-0.05, 0) is 36.5 Å². The van der Waals surface area contributed by atoms with Crippen molar-refractivity contribution >= 4 is 0 Å². The molecule has 16 heavy (non-hydrogen) atoms. The summed E-state index contributed by atoms with van der Waals surface area (Å²) in [6, 6.07) is 8.13. The molecule has 88 valence electrons. The quantitative estimate of drug-likeness (QED) is 0.850. The Balaban J connectivity index is 2.09. The van der Waals surface area contributed by atoms with Crippen LogP contribution in [0.15, 0.2) is 24.3 Å². The Morgan fingerprint density at radius 3 is 2.81 bits per heavy atom. The van der Waals surface area contributed by atoms with Crippen molar-refractivity contribution in [1.29, 1.82) is 0 Å². The molecule has 0 spiro atoms. The minimum Gasteiger partial charge on any atom is -0.497 e. The average molecular weight is 221 g/mol. The van der Waals surface area contributed by atoms with E-state index in [-0.39, 0.29) is 6.04 Å². The largest absolute Gasteiger partial charge is 0.497 e. The van der Waals surface area contributed by atoms with Crippen molar-refractivity contribution < 1.29 is 9.47 Å². The molecule has 0 radical (unpaired) electrons. The molecule has 0 aromatic heterocycles. The Hall–Kier alpha value is -1.06. The third kappa shape index (κ3) is 2.54. The lowest BCUT2D eigenvalue weighted by Crippen LogP contribution is -2.27. The molecule has 2 N–H and O–H groups in total. The summed E-state index contributed by atoms with van der Waals surface area (Å²) in [6.07, 6.45) is 2.11. The van der Waals surface area contributed by atoms with Crippen LogP contribution in [-0.4, -0.2) is 20.3 Å². The van der Waals surface area contributed by atoms with Crippen LogP contribution in [0, 0.1) is 5.92 Å². The van der Waals surface area contributed by atoms with Crippen molar-refractivity contribution in [3.8, 4) is 5.75 Å². The Kier molecular flexibility index (Phi) is 3.80. The molecule has 0 amide bonds. The summed E-state index contributed by atoms with van der Waals surface area (Å²) in [6.45, 7) is 1.67. The number of methoxy groups -OCH3 is 1. The molecule has 0 bridgehead atoms. The molecule has 3 heteroatoms. The van der Waals surface area contributed by atoms with Gasteiger partial charge in [0.25, 0.3) is 0 Å². The zero-order chi connectivity index (χ0) is 11.4. The van der Waals surface area contributed by atoms with Gasteiger partial charge in [0.1, 0.15) is 5.75 Å². The van der Waals surface area contributed by atoms with Gasteiger partial charge < -0.3 is 15.2 Å². The van der Waals surface area contributed by atoms with Gasteiger partial charge in [0.05, 0.1) is 7.11 Å². The molecule has 1 aliphatic rings. The van der Waals surface area contributed by atoms with E-state index in [0.29, 0.717) is 5.92 Å². The molecule has 1 aliphatic heterocycles. The van der Waals surface area contributed by atoms with E-state index in [1.165, 1.54) is 0 Å². The van der Waals surface area contributed by atoms with Crippen LogP contribution in [0.5, 0.6) is 5.75 Å². The first-order chi connectivity index (χ1) is 7.81. The minimum atomic E-state index is 0.0963. The lowest BCUT2D eigenvalue weighted by Gasteiger charge is -2.28. The van der Waals surface area contributed by atoms with Crippen LogP contribution in [0.4, 0.5) is 0 Å². The van der Waals surface area contributed by atoms with Gasteiger partial charge >= 0.3 is 0 Å². The zero-order valence-corrected chi connectivity index (χ0v) is 9.69. The Morgan fingerprint density at radius 1 is 1.38 bits per heavy atom. The van der Waals surface area contributed by atoms with Crippen LogP contribution < -0.4 is 10.5 Å². The van der Waals surface area contributed by atoms with Crippen molar-refractivity contribution in [3.05, 3.63) is 29.8 Å². The van der Waals surface area contributed by atoms with Crippen molar-refractivity contribution in [3.63, 3.8) is 0 Å².